The van der Waals surface area contributed by atoms with Crippen molar-refractivity contribution in [3.63, 3.8) is 0 Å². The van der Waals surface area contributed by atoms with E-state index in [-0.39, 0.29) is 0 Å². The molecule has 1 fully saturated rings. The second-order valence-corrected chi connectivity index (χ2v) is 4.51. The van der Waals surface area contributed by atoms with Crippen molar-refractivity contribution in [1.82, 2.24) is 4.90 Å². The maximum absolute atomic E-state index is 11.3. The summed E-state index contributed by atoms with van der Waals surface area (Å²) in [4.78, 5) is 12.6. The van der Waals surface area contributed by atoms with Crippen LogP contribution in [0.25, 0.3) is 0 Å². The van der Waals surface area contributed by atoms with Gasteiger partial charge >= 0.3 is 0 Å². The van der Waals surface area contributed by atoms with Crippen molar-refractivity contribution in [3.8, 4) is 0 Å². The quantitative estimate of drug-likeness (QED) is 0.554. The molecule has 1 atom stereocenters. The molecule has 1 saturated heterocycles. The minimum atomic E-state index is -4.45. The summed E-state index contributed by atoms with van der Waals surface area (Å²) >= 11 is 0. The summed E-state index contributed by atoms with van der Waals surface area (Å²) in [5, 5.41) is -1.83. The molecule has 1 rings (SSSR count). The normalized spacial score (nSPS) is 20.3. The first-order valence-electron chi connectivity index (χ1n) is 3.93. The molecule has 6 nitrogen and oxygen atoms in total. The van der Waals surface area contributed by atoms with E-state index in [0.29, 0.717) is 13.1 Å². The monoisotopic (exact) mass is 208 g/mol. The highest BCUT2D eigenvalue weighted by molar-refractivity contribution is 7.87. The fourth-order valence-electron chi connectivity index (χ4n) is 1.24. The Morgan fingerprint density at radius 2 is 1.85 bits per heavy atom. The Bertz CT molecular complexity index is 294. The van der Waals surface area contributed by atoms with Gasteiger partial charge in [-0.2, -0.15) is 8.42 Å². The summed E-state index contributed by atoms with van der Waals surface area (Å²) in [6, 6.07) is 0. The zero-order valence-corrected chi connectivity index (χ0v) is 7.83. The van der Waals surface area contributed by atoms with Gasteiger partial charge in [0.05, 0.1) is 0 Å². The summed E-state index contributed by atoms with van der Waals surface area (Å²) in [5.74, 6) is -0.722. The van der Waals surface area contributed by atoms with E-state index in [4.69, 9.17) is 10.3 Å². The molecule has 0 aliphatic carbocycles. The average Bonchev–Trinajstić information content (AvgIpc) is 2.51. The molecule has 0 aromatic carbocycles. The highest BCUT2D eigenvalue weighted by atomic mass is 32.2. The molecule has 1 amide bonds. The van der Waals surface area contributed by atoms with Crippen molar-refractivity contribution in [3.05, 3.63) is 0 Å². The lowest BCUT2D eigenvalue weighted by atomic mass is 10.4. The standard InChI is InChI=1S/C6H12N2O4S/c7-5(13(10,11)12)6(9)8-3-1-2-4-8/h5H,1-4,7H2,(H,10,11,12)/t5-/m0/s1. The molecule has 0 unspecified atom stereocenters. The van der Waals surface area contributed by atoms with Crippen LogP contribution in [-0.4, -0.2) is 42.2 Å². The second-order valence-electron chi connectivity index (χ2n) is 2.97. The van der Waals surface area contributed by atoms with E-state index in [1.165, 1.54) is 4.90 Å². The zero-order chi connectivity index (χ0) is 10.1. The molecule has 7 heteroatoms. The molecule has 1 heterocycles. The number of carbonyl (C=O) groups is 1. The Morgan fingerprint density at radius 3 is 2.23 bits per heavy atom. The average molecular weight is 208 g/mol. The largest absolute Gasteiger partial charge is 0.340 e. The van der Waals surface area contributed by atoms with Crippen LogP contribution < -0.4 is 5.73 Å². The van der Waals surface area contributed by atoms with Crippen LogP contribution in [0, 0.1) is 0 Å². The highest BCUT2D eigenvalue weighted by Crippen LogP contribution is 2.09. The smallest absolute Gasteiger partial charge is 0.290 e. The third-order valence-electron chi connectivity index (χ3n) is 1.98. The predicted octanol–water partition coefficient (Wildman–Crippen LogP) is -1.22. The molecule has 0 saturated carbocycles. The first kappa shape index (κ1) is 10.4. The van der Waals surface area contributed by atoms with Gasteiger partial charge in [0, 0.05) is 13.1 Å². The minimum Gasteiger partial charge on any atom is -0.340 e. The third kappa shape index (κ3) is 2.39. The van der Waals surface area contributed by atoms with E-state index in [0.717, 1.165) is 12.8 Å². The van der Waals surface area contributed by atoms with Gasteiger partial charge in [0.15, 0.2) is 0 Å². The van der Waals surface area contributed by atoms with Crippen molar-refractivity contribution in [1.29, 1.82) is 0 Å². The maximum atomic E-state index is 11.3. The molecule has 3 N–H and O–H groups in total. The van der Waals surface area contributed by atoms with Gasteiger partial charge in [-0.1, -0.05) is 0 Å². The number of nitrogens with two attached hydrogens (primary N) is 1. The second kappa shape index (κ2) is 3.60. The van der Waals surface area contributed by atoms with Gasteiger partial charge in [0.1, 0.15) is 0 Å². The predicted molar refractivity (Wildman–Crippen MR) is 45.3 cm³/mol. The molecular weight excluding hydrogens is 196 g/mol. The molecule has 0 spiro atoms. The Hall–Kier alpha value is -0.660. The Balaban J connectivity index is 2.67. The molecule has 76 valence electrons. The molecule has 0 bridgehead atoms. The maximum Gasteiger partial charge on any atom is 0.290 e. The molecule has 0 aromatic rings. The molecule has 0 aromatic heterocycles. The van der Waals surface area contributed by atoms with Crippen LogP contribution in [0.4, 0.5) is 0 Å². The number of carbonyl (C=O) groups excluding carboxylic acids is 1. The minimum absolute atomic E-state index is 0.516. The number of amides is 1. The zero-order valence-electron chi connectivity index (χ0n) is 7.01. The van der Waals surface area contributed by atoms with Crippen molar-refractivity contribution in [2.24, 2.45) is 5.73 Å². The van der Waals surface area contributed by atoms with E-state index in [1.807, 2.05) is 0 Å². The molecule has 1 aliphatic rings. The molecular formula is C6H12N2O4S. The fourth-order valence-corrected chi connectivity index (χ4v) is 1.65. The van der Waals surface area contributed by atoms with E-state index < -0.39 is 21.4 Å². The van der Waals surface area contributed by atoms with E-state index in [2.05, 4.69) is 0 Å². The van der Waals surface area contributed by atoms with E-state index >= 15 is 0 Å². The molecule has 13 heavy (non-hydrogen) atoms. The fraction of sp³-hybridized carbons (Fsp3) is 0.833. The summed E-state index contributed by atoms with van der Waals surface area (Å²) in [7, 11) is -4.45. The van der Waals surface area contributed by atoms with E-state index in [9.17, 15) is 13.2 Å². The third-order valence-corrected chi connectivity index (χ3v) is 2.83. The summed E-state index contributed by atoms with van der Waals surface area (Å²) < 4.78 is 29.5. The van der Waals surface area contributed by atoms with Crippen LogP contribution in [0.5, 0.6) is 0 Å². The van der Waals surface area contributed by atoms with Crippen molar-refractivity contribution < 1.29 is 17.8 Å². The van der Waals surface area contributed by atoms with Crippen LogP contribution >= 0.6 is 0 Å². The van der Waals surface area contributed by atoms with Gasteiger partial charge in [-0.25, -0.2) is 0 Å². The Kier molecular flexibility index (Phi) is 2.89. The van der Waals surface area contributed by atoms with Crippen LogP contribution in [0.2, 0.25) is 0 Å². The van der Waals surface area contributed by atoms with Crippen LogP contribution in [0.1, 0.15) is 12.8 Å². The van der Waals surface area contributed by atoms with Crippen LogP contribution in [0.3, 0.4) is 0 Å². The Morgan fingerprint density at radius 1 is 1.38 bits per heavy atom. The van der Waals surface area contributed by atoms with E-state index in [1.54, 1.807) is 0 Å². The lowest BCUT2D eigenvalue weighted by Crippen LogP contribution is -2.46. The topological polar surface area (TPSA) is 101 Å². The van der Waals surface area contributed by atoms with Gasteiger partial charge in [-0.3, -0.25) is 9.35 Å². The van der Waals surface area contributed by atoms with Gasteiger partial charge < -0.3 is 10.6 Å². The first-order chi connectivity index (χ1) is 5.93. The highest BCUT2D eigenvalue weighted by Gasteiger charge is 2.31. The van der Waals surface area contributed by atoms with Crippen LogP contribution in [0.15, 0.2) is 0 Å². The summed E-state index contributed by atoms with van der Waals surface area (Å²) in [6.07, 6.45) is 1.70. The molecule has 1 aliphatic heterocycles. The van der Waals surface area contributed by atoms with Crippen molar-refractivity contribution >= 4 is 16.0 Å². The number of hydrogen-bond donors (Lipinski definition) is 2. The van der Waals surface area contributed by atoms with Gasteiger partial charge in [-0.15, -0.1) is 0 Å². The Labute approximate surface area is 76.4 Å². The number of nitrogens with zero attached hydrogens (tertiary/aromatic N) is 1. The number of hydrogen-bond acceptors (Lipinski definition) is 4. The molecule has 0 radical (unpaired) electrons. The number of rotatable bonds is 2. The van der Waals surface area contributed by atoms with Gasteiger partial charge in [0.2, 0.25) is 5.37 Å². The number of likely N-dealkylation sites (tertiary alicyclic amines) is 1. The SMILES string of the molecule is N[C@H](C(=O)N1CCCC1)S(=O)(=O)O. The lowest BCUT2D eigenvalue weighted by molar-refractivity contribution is -0.129. The van der Waals surface area contributed by atoms with Gasteiger partial charge in [-0.05, 0) is 12.8 Å². The lowest BCUT2D eigenvalue weighted by Gasteiger charge is -2.17. The van der Waals surface area contributed by atoms with Crippen molar-refractivity contribution in [2.75, 3.05) is 13.1 Å². The summed E-state index contributed by atoms with van der Waals surface area (Å²) in [6.45, 7) is 1.03. The van der Waals surface area contributed by atoms with Crippen molar-refractivity contribution in [2.45, 2.75) is 18.2 Å². The summed E-state index contributed by atoms with van der Waals surface area (Å²) in [5.41, 5.74) is 5.04. The van der Waals surface area contributed by atoms with Crippen LogP contribution in [-0.2, 0) is 14.9 Å². The first-order valence-corrected chi connectivity index (χ1v) is 5.44. The van der Waals surface area contributed by atoms with Gasteiger partial charge in [0.25, 0.3) is 16.0 Å².